The summed E-state index contributed by atoms with van der Waals surface area (Å²) in [7, 11) is 0. The van der Waals surface area contributed by atoms with Crippen LogP contribution in [0.1, 0.15) is 12.0 Å². The van der Waals surface area contributed by atoms with E-state index in [4.69, 9.17) is 22.1 Å². The van der Waals surface area contributed by atoms with Crippen molar-refractivity contribution in [3.05, 3.63) is 59.1 Å². The average Bonchev–Trinajstić information content (AvgIpc) is 3.14. The highest BCUT2D eigenvalue weighted by molar-refractivity contribution is 6.30. The van der Waals surface area contributed by atoms with E-state index in [0.29, 0.717) is 35.1 Å². The van der Waals surface area contributed by atoms with Crippen LogP contribution >= 0.6 is 11.6 Å². The molecule has 10 heteroatoms. The topological polar surface area (TPSA) is 125 Å². The molecule has 4 rings (SSSR count). The summed E-state index contributed by atoms with van der Waals surface area (Å²) in [6.07, 6.45) is -0.984. The van der Waals surface area contributed by atoms with Gasteiger partial charge in [-0.25, -0.2) is 4.79 Å². The van der Waals surface area contributed by atoms with Gasteiger partial charge in [0, 0.05) is 24.5 Å². The summed E-state index contributed by atoms with van der Waals surface area (Å²) in [4.78, 5) is 41.1. The molecule has 168 valence electrons. The normalized spacial score (nSPS) is 23.3. The fraction of sp³-hybridized carbons (Fsp3) is 0.318. The lowest BCUT2D eigenvalue weighted by atomic mass is 9.85. The molecule has 9 nitrogen and oxygen atoms in total. The molecule has 0 unspecified atom stereocenters. The molecule has 4 amide bonds. The Labute approximate surface area is 189 Å². The van der Waals surface area contributed by atoms with Crippen molar-refractivity contribution in [3.63, 3.8) is 0 Å². The molecule has 0 saturated carbocycles. The van der Waals surface area contributed by atoms with E-state index in [9.17, 15) is 19.5 Å². The van der Waals surface area contributed by atoms with Crippen molar-refractivity contribution in [2.24, 2.45) is 5.73 Å². The van der Waals surface area contributed by atoms with Crippen LogP contribution in [0.4, 0.5) is 16.2 Å². The van der Waals surface area contributed by atoms with Gasteiger partial charge in [-0.3, -0.25) is 9.59 Å². The zero-order chi connectivity index (χ0) is 22.9. The second kappa shape index (κ2) is 8.78. The molecular formula is C22H23ClN4O5. The van der Waals surface area contributed by atoms with Crippen molar-refractivity contribution in [1.29, 1.82) is 0 Å². The number of nitrogens with one attached hydrogen (secondary N) is 1. The Bertz CT molecular complexity index is 1050. The number of halogens is 1. The summed E-state index contributed by atoms with van der Waals surface area (Å²) in [6.45, 7) is 0.595. The maximum atomic E-state index is 13.8. The Balaban J connectivity index is 1.75. The number of benzene rings is 2. The largest absolute Gasteiger partial charge is 0.391 e. The average molecular weight is 459 g/mol. The van der Waals surface area contributed by atoms with E-state index in [0.717, 1.165) is 0 Å². The van der Waals surface area contributed by atoms with Crippen molar-refractivity contribution in [1.82, 2.24) is 4.90 Å². The number of carbonyl (C=O) groups is 3. The number of amides is 4. The first-order valence-electron chi connectivity index (χ1n) is 10.1. The van der Waals surface area contributed by atoms with Crippen LogP contribution < -0.4 is 16.0 Å². The predicted molar refractivity (Wildman–Crippen MR) is 118 cm³/mol. The van der Waals surface area contributed by atoms with E-state index in [2.05, 4.69) is 5.32 Å². The number of ether oxygens (including phenoxy) is 1. The summed E-state index contributed by atoms with van der Waals surface area (Å²) < 4.78 is 5.20. The van der Waals surface area contributed by atoms with Gasteiger partial charge in [-0.05, 0) is 29.8 Å². The Hall–Kier alpha value is -3.14. The lowest BCUT2D eigenvalue weighted by molar-refractivity contribution is -0.126. The first-order chi connectivity index (χ1) is 15.3. The van der Waals surface area contributed by atoms with Crippen LogP contribution in [-0.4, -0.2) is 60.3 Å². The molecular weight excluding hydrogens is 436 g/mol. The number of likely N-dealkylation sites (tertiary alicyclic amines) is 1. The summed E-state index contributed by atoms with van der Waals surface area (Å²) >= 11 is 6.02. The number of nitrogens with two attached hydrogens (primary N) is 1. The van der Waals surface area contributed by atoms with Crippen molar-refractivity contribution in [2.45, 2.75) is 18.1 Å². The lowest BCUT2D eigenvalue weighted by Crippen LogP contribution is -2.54. The van der Waals surface area contributed by atoms with Gasteiger partial charge in [0.15, 0.2) is 5.54 Å². The number of para-hydroxylation sites is 2. The van der Waals surface area contributed by atoms with Crippen LogP contribution in [0.25, 0.3) is 0 Å². The van der Waals surface area contributed by atoms with Crippen molar-refractivity contribution >= 4 is 40.8 Å². The van der Waals surface area contributed by atoms with Crippen LogP contribution in [-0.2, 0) is 19.9 Å². The van der Waals surface area contributed by atoms with Gasteiger partial charge < -0.3 is 30.7 Å². The summed E-state index contributed by atoms with van der Waals surface area (Å²) in [6, 6.07) is 12.5. The quantitative estimate of drug-likeness (QED) is 0.642. The van der Waals surface area contributed by atoms with E-state index in [1.807, 2.05) is 0 Å². The molecule has 0 spiro atoms. The Morgan fingerprint density at radius 1 is 1.19 bits per heavy atom. The summed E-state index contributed by atoms with van der Waals surface area (Å²) in [5.41, 5.74) is 5.44. The monoisotopic (exact) mass is 458 g/mol. The highest BCUT2D eigenvalue weighted by Gasteiger charge is 2.54. The van der Waals surface area contributed by atoms with Crippen molar-refractivity contribution < 1.29 is 24.2 Å². The van der Waals surface area contributed by atoms with Crippen LogP contribution in [0.5, 0.6) is 0 Å². The number of hydrogen-bond donors (Lipinski definition) is 3. The maximum Gasteiger partial charge on any atom is 0.316 e. The van der Waals surface area contributed by atoms with Crippen LogP contribution in [0.2, 0.25) is 5.02 Å². The number of morpholine rings is 1. The third-order valence-electron chi connectivity index (χ3n) is 5.78. The molecule has 2 saturated heterocycles. The molecule has 0 radical (unpaired) electrons. The Morgan fingerprint density at radius 2 is 1.91 bits per heavy atom. The zero-order valence-corrected chi connectivity index (χ0v) is 17.9. The molecule has 2 aromatic carbocycles. The smallest absolute Gasteiger partial charge is 0.316 e. The number of carbonyl (C=O) groups excluding carboxylic acids is 3. The van der Waals surface area contributed by atoms with Gasteiger partial charge in [-0.15, -0.1) is 0 Å². The molecule has 2 aliphatic heterocycles. The molecule has 32 heavy (non-hydrogen) atoms. The Kier molecular flexibility index (Phi) is 6.05. The van der Waals surface area contributed by atoms with Crippen molar-refractivity contribution in [2.75, 3.05) is 36.5 Å². The SMILES string of the molecule is NC(=O)N1C[C@H](O)C[C@]1(C(=O)Nc1ccccc1N1CCOCC1=O)c1ccc(Cl)cc1. The molecule has 2 heterocycles. The van der Waals surface area contributed by atoms with Gasteiger partial charge >= 0.3 is 6.03 Å². The first-order valence-corrected chi connectivity index (χ1v) is 10.5. The number of hydrogen-bond acceptors (Lipinski definition) is 5. The number of nitrogens with zero attached hydrogens (tertiary/aromatic N) is 2. The van der Waals surface area contributed by atoms with Crippen molar-refractivity contribution in [3.8, 4) is 0 Å². The van der Waals surface area contributed by atoms with Crippen LogP contribution in [0.3, 0.4) is 0 Å². The Morgan fingerprint density at radius 3 is 2.59 bits per heavy atom. The van der Waals surface area contributed by atoms with E-state index >= 15 is 0 Å². The zero-order valence-electron chi connectivity index (χ0n) is 17.2. The summed E-state index contributed by atoms with van der Waals surface area (Å²) in [5, 5.41) is 13.7. The number of aliphatic hydroxyl groups is 1. The van der Waals surface area contributed by atoms with Crippen LogP contribution in [0.15, 0.2) is 48.5 Å². The lowest BCUT2D eigenvalue weighted by Gasteiger charge is -2.37. The number of anilines is 2. The molecule has 0 aliphatic carbocycles. The standard InChI is InChI=1S/C22H23ClN4O5/c23-15-7-5-14(6-8-15)22(11-16(28)12-27(22)21(24)31)20(30)25-17-3-1-2-4-18(17)26-9-10-32-13-19(26)29/h1-8,16,28H,9-13H2,(H2,24,31)(H,25,30)/t16-,22-/m1/s1. The number of urea groups is 1. The number of rotatable bonds is 4. The van der Waals surface area contributed by atoms with E-state index < -0.39 is 23.6 Å². The number of β-amino-alcohol motifs (C(OH)–C–C–N with tert-alkyl or cyclic N) is 1. The predicted octanol–water partition coefficient (Wildman–Crippen LogP) is 1.68. The maximum absolute atomic E-state index is 13.8. The highest BCUT2D eigenvalue weighted by atomic mass is 35.5. The highest BCUT2D eigenvalue weighted by Crippen LogP contribution is 2.41. The minimum Gasteiger partial charge on any atom is -0.391 e. The third kappa shape index (κ3) is 3.90. The van der Waals surface area contributed by atoms with Gasteiger partial charge in [0.1, 0.15) is 6.61 Å². The minimum atomic E-state index is -1.54. The fourth-order valence-corrected chi connectivity index (χ4v) is 4.45. The second-order valence-electron chi connectivity index (χ2n) is 7.74. The number of primary amides is 1. The molecule has 2 aliphatic rings. The third-order valence-corrected chi connectivity index (χ3v) is 6.03. The van der Waals surface area contributed by atoms with Gasteiger partial charge in [0.25, 0.3) is 11.8 Å². The van der Waals surface area contributed by atoms with E-state index in [-0.39, 0.29) is 25.5 Å². The summed E-state index contributed by atoms with van der Waals surface area (Å²) in [5.74, 6) is -0.774. The molecule has 2 atom stereocenters. The molecule has 4 N–H and O–H groups in total. The number of aliphatic hydroxyl groups excluding tert-OH is 1. The van der Waals surface area contributed by atoms with E-state index in [1.165, 1.54) is 4.90 Å². The van der Waals surface area contributed by atoms with Crippen LogP contribution in [0, 0.1) is 0 Å². The van der Waals surface area contributed by atoms with Gasteiger partial charge in [-0.1, -0.05) is 35.9 Å². The minimum absolute atomic E-state index is 0.0396. The van der Waals surface area contributed by atoms with Gasteiger partial charge in [0.2, 0.25) is 0 Å². The first kappa shape index (κ1) is 22.1. The second-order valence-corrected chi connectivity index (χ2v) is 8.18. The van der Waals surface area contributed by atoms with E-state index in [1.54, 1.807) is 53.4 Å². The molecule has 2 fully saturated rings. The molecule has 0 bridgehead atoms. The van der Waals surface area contributed by atoms with Gasteiger partial charge in [0.05, 0.1) is 24.1 Å². The molecule has 2 aromatic rings. The fourth-order valence-electron chi connectivity index (χ4n) is 4.32. The molecule has 0 aromatic heterocycles. The van der Waals surface area contributed by atoms with Gasteiger partial charge in [-0.2, -0.15) is 0 Å².